The predicted molar refractivity (Wildman–Crippen MR) is 297 cm³/mol. The van der Waals surface area contributed by atoms with Crippen molar-refractivity contribution in [2.24, 2.45) is 0 Å². The van der Waals surface area contributed by atoms with Crippen molar-refractivity contribution >= 4 is 61.5 Å². The van der Waals surface area contributed by atoms with Gasteiger partial charge in [0.25, 0.3) is 0 Å². The molecule has 12 aromatic rings. The second-order valence-corrected chi connectivity index (χ2v) is 18.5. The average Bonchev–Trinajstić information content (AvgIpc) is 3.73. The lowest BCUT2D eigenvalue weighted by molar-refractivity contribution is 0.628. The fraction of sp³-hybridized carbons (Fsp3) is 0.0145. The highest BCUT2D eigenvalue weighted by atomic mass is 19.1. The molecule has 0 N–H and O–H groups in total. The van der Waals surface area contributed by atoms with Crippen LogP contribution < -0.4 is 4.90 Å². The molecule has 2 heteroatoms. The molecule has 0 radical (unpaired) electrons. The average molecular weight is 908 g/mol. The molecule has 12 aromatic carbocycles. The number of para-hydroxylation sites is 1. The van der Waals surface area contributed by atoms with E-state index in [4.69, 9.17) is 0 Å². The third kappa shape index (κ3) is 7.06. The Morgan fingerprint density at radius 3 is 1.42 bits per heavy atom. The molecule has 0 aromatic heterocycles. The van der Waals surface area contributed by atoms with Gasteiger partial charge in [0, 0.05) is 17.1 Å². The first-order valence-corrected chi connectivity index (χ1v) is 24.3. The summed E-state index contributed by atoms with van der Waals surface area (Å²) in [4.78, 5) is 2.22. The van der Waals surface area contributed by atoms with Gasteiger partial charge < -0.3 is 4.90 Å². The minimum atomic E-state index is -0.630. The van der Waals surface area contributed by atoms with Crippen LogP contribution in [-0.4, -0.2) is 0 Å². The largest absolute Gasteiger partial charge is 0.310 e. The lowest BCUT2D eigenvalue weighted by Crippen LogP contribution is -2.28. The number of benzene rings is 12. The van der Waals surface area contributed by atoms with Gasteiger partial charge in [-0.25, -0.2) is 4.39 Å². The highest BCUT2D eigenvalue weighted by molar-refractivity contribution is 6.23. The Morgan fingerprint density at radius 2 is 0.789 bits per heavy atom. The SMILES string of the molecule is Fc1ccc(N(c2ccccc2)c2ccc3c(c2)C(c2ccccc2)(c2ccccc2)c2cc(/C=C/c4ccc(-c5c6ccccc6c(-c6cccc7ccccc67)c6ccccc56)cc4)ccc2-3)cc1. The fourth-order valence-electron chi connectivity index (χ4n) is 11.5. The monoisotopic (exact) mass is 907 g/mol. The molecule has 0 amide bonds. The fourth-order valence-corrected chi connectivity index (χ4v) is 11.5. The number of hydrogen-bond acceptors (Lipinski definition) is 1. The molecule has 13 rings (SSSR count). The van der Waals surface area contributed by atoms with Crippen LogP contribution >= 0.6 is 0 Å². The summed E-state index contributed by atoms with van der Waals surface area (Å²) in [6.45, 7) is 0. The molecular formula is C69H46FN. The molecular weight excluding hydrogens is 862 g/mol. The summed E-state index contributed by atoms with van der Waals surface area (Å²) in [6.07, 6.45) is 4.48. The van der Waals surface area contributed by atoms with E-state index in [2.05, 4.69) is 242 Å². The van der Waals surface area contributed by atoms with Gasteiger partial charge in [-0.05, 0) is 154 Å². The molecule has 334 valence electrons. The summed E-state index contributed by atoms with van der Waals surface area (Å²) >= 11 is 0. The van der Waals surface area contributed by atoms with E-state index in [1.165, 1.54) is 100 Å². The number of halogens is 1. The van der Waals surface area contributed by atoms with Gasteiger partial charge in [0.1, 0.15) is 5.82 Å². The van der Waals surface area contributed by atoms with Crippen molar-refractivity contribution in [3.8, 4) is 33.4 Å². The highest BCUT2D eigenvalue weighted by Gasteiger charge is 2.46. The Hall–Kier alpha value is -9.11. The zero-order valence-corrected chi connectivity index (χ0v) is 38.9. The summed E-state index contributed by atoms with van der Waals surface area (Å²) in [5, 5.41) is 7.49. The maximum absolute atomic E-state index is 14.4. The molecule has 1 aliphatic rings. The van der Waals surface area contributed by atoms with Crippen molar-refractivity contribution in [1.29, 1.82) is 0 Å². The van der Waals surface area contributed by atoms with Gasteiger partial charge in [-0.15, -0.1) is 0 Å². The summed E-state index contributed by atoms with van der Waals surface area (Å²) in [5.74, 6) is -0.262. The molecule has 1 aliphatic carbocycles. The summed E-state index contributed by atoms with van der Waals surface area (Å²) in [5.41, 5.74) is 16.7. The van der Waals surface area contributed by atoms with Gasteiger partial charge in [-0.2, -0.15) is 0 Å². The number of hydrogen-bond donors (Lipinski definition) is 0. The molecule has 1 nitrogen and oxygen atoms in total. The first kappa shape index (κ1) is 42.0. The number of anilines is 3. The number of fused-ring (bicyclic) bond motifs is 6. The van der Waals surface area contributed by atoms with E-state index < -0.39 is 5.41 Å². The maximum atomic E-state index is 14.4. The lowest BCUT2D eigenvalue weighted by Gasteiger charge is -2.35. The predicted octanol–water partition coefficient (Wildman–Crippen LogP) is 18.6. The van der Waals surface area contributed by atoms with Crippen LogP contribution in [0.25, 0.3) is 77.9 Å². The molecule has 0 saturated heterocycles. The second kappa shape index (κ2) is 17.4. The van der Waals surface area contributed by atoms with Crippen molar-refractivity contribution in [2.45, 2.75) is 5.41 Å². The first-order valence-electron chi connectivity index (χ1n) is 24.3. The zero-order valence-electron chi connectivity index (χ0n) is 38.9. The lowest BCUT2D eigenvalue weighted by atomic mass is 9.67. The van der Waals surface area contributed by atoms with E-state index in [1.807, 2.05) is 30.3 Å². The molecule has 0 saturated carbocycles. The summed E-state index contributed by atoms with van der Waals surface area (Å²) in [7, 11) is 0. The minimum absolute atomic E-state index is 0.262. The normalized spacial score (nSPS) is 12.6. The van der Waals surface area contributed by atoms with E-state index in [0.717, 1.165) is 28.2 Å². The van der Waals surface area contributed by atoms with Crippen molar-refractivity contribution < 1.29 is 4.39 Å². The Bertz CT molecular complexity index is 3870. The van der Waals surface area contributed by atoms with Crippen molar-refractivity contribution in [1.82, 2.24) is 0 Å². The van der Waals surface area contributed by atoms with Crippen molar-refractivity contribution in [3.63, 3.8) is 0 Å². The van der Waals surface area contributed by atoms with Crippen molar-refractivity contribution in [3.05, 3.63) is 306 Å². The van der Waals surface area contributed by atoms with Crippen LogP contribution in [0.1, 0.15) is 33.4 Å². The van der Waals surface area contributed by atoms with Crippen LogP contribution in [0.2, 0.25) is 0 Å². The van der Waals surface area contributed by atoms with Gasteiger partial charge in [-0.1, -0.05) is 224 Å². The number of rotatable bonds is 9. The Morgan fingerprint density at radius 1 is 0.324 bits per heavy atom. The van der Waals surface area contributed by atoms with Crippen LogP contribution in [0.3, 0.4) is 0 Å². The zero-order chi connectivity index (χ0) is 47.3. The van der Waals surface area contributed by atoms with Crippen LogP contribution in [0.15, 0.2) is 267 Å². The van der Waals surface area contributed by atoms with E-state index >= 15 is 0 Å². The minimum Gasteiger partial charge on any atom is -0.310 e. The Kier molecular flexibility index (Phi) is 10.3. The van der Waals surface area contributed by atoms with Gasteiger partial charge in [-0.3, -0.25) is 0 Å². The van der Waals surface area contributed by atoms with Gasteiger partial charge in [0.15, 0.2) is 0 Å². The van der Waals surface area contributed by atoms with Gasteiger partial charge in [0.05, 0.1) is 5.41 Å². The molecule has 0 heterocycles. The quantitative estimate of drug-likeness (QED) is 0.103. The van der Waals surface area contributed by atoms with E-state index in [0.29, 0.717) is 0 Å². The van der Waals surface area contributed by atoms with Crippen LogP contribution in [0, 0.1) is 5.82 Å². The van der Waals surface area contributed by atoms with Crippen LogP contribution in [-0.2, 0) is 5.41 Å². The van der Waals surface area contributed by atoms with E-state index in [9.17, 15) is 4.39 Å². The van der Waals surface area contributed by atoms with Crippen LogP contribution in [0.5, 0.6) is 0 Å². The van der Waals surface area contributed by atoms with E-state index in [1.54, 1.807) is 0 Å². The highest BCUT2D eigenvalue weighted by Crippen LogP contribution is 2.58. The maximum Gasteiger partial charge on any atom is 0.123 e. The molecule has 0 atom stereocenters. The number of nitrogens with zero attached hydrogens (tertiary/aromatic N) is 1. The van der Waals surface area contributed by atoms with E-state index in [-0.39, 0.29) is 5.82 Å². The summed E-state index contributed by atoms with van der Waals surface area (Å²) < 4.78 is 14.4. The third-order valence-corrected chi connectivity index (χ3v) is 14.6. The topological polar surface area (TPSA) is 3.24 Å². The molecule has 0 spiro atoms. The Balaban J connectivity index is 0.914. The third-order valence-electron chi connectivity index (χ3n) is 14.6. The summed E-state index contributed by atoms with van der Waals surface area (Å²) in [6, 6.07) is 94.9. The second-order valence-electron chi connectivity index (χ2n) is 18.5. The smallest absolute Gasteiger partial charge is 0.123 e. The standard InChI is InChI=1S/C69H46FN/c70-53-38-40-55(41-39-53)71(54-23-8-3-9-24-54)56-42-44-59-58-43-35-48(45-65(58)69(66(59)46-56,51-19-4-1-5-20-51)52-21-6-2-7-22-52)32-31-47-33-36-50(37-34-47)67-61-26-12-14-28-63(61)68(64-29-15-13-27-62(64)67)60-30-16-18-49-17-10-11-25-57(49)60/h1-46H/b32-31+. The Labute approximate surface area is 413 Å². The molecule has 0 bridgehead atoms. The van der Waals surface area contributed by atoms with Crippen LogP contribution in [0.4, 0.5) is 21.5 Å². The molecule has 0 unspecified atom stereocenters. The van der Waals surface area contributed by atoms with Crippen molar-refractivity contribution in [2.75, 3.05) is 4.90 Å². The van der Waals surface area contributed by atoms with Gasteiger partial charge in [0.2, 0.25) is 0 Å². The molecule has 0 fully saturated rings. The molecule has 71 heavy (non-hydrogen) atoms. The van der Waals surface area contributed by atoms with Gasteiger partial charge >= 0.3 is 0 Å². The first-order chi connectivity index (χ1) is 35.1. The molecule has 0 aliphatic heterocycles.